The van der Waals surface area contributed by atoms with Crippen molar-refractivity contribution in [1.29, 1.82) is 0 Å². The Morgan fingerprint density at radius 3 is 3.00 bits per heavy atom. The van der Waals surface area contributed by atoms with E-state index in [9.17, 15) is 4.79 Å². The molecule has 0 saturated heterocycles. The van der Waals surface area contributed by atoms with Crippen LogP contribution in [0.1, 0.15) is 0 Å². The summed E-state index contributed by atoms with van der Waals surface area (Å²) in [6.07, 6.45) is 0. The predicted octanol–water partition coefficient (Wildman–Crippen LogP) is 4.29. The molecule has 0 spiro atoms. The number of thioether (sulfide) groups is 1. The molecule has 112 valence electrons. The van der Waals surface area contributed by atoms with Crippen molar-refractivity contribution in [2.24, 2.45) is 0 Å². The van der Waals surface area contributed by atoms with Gasteiger partial charge in [0.15, 0.2) is 0 Å². The molecular weight excluding hydrogens is 386 g/mol. The molecule has 2 aromatic heterocycles. The van der Waals surface area contributed by atoms with Crippen molar-refractivity contribution < 1.29 is 9.21 Å². The number of hydrogen-bond donors (Lipinski definition) is 1. The third kappa shape index (κ3) is 3.96. The zero-order chi connectivity index (χ0) is 15.4. The Morgan fingerprint density at radius 1 is 1.32 bits per heavy atom. The van der Waals surface area contributed by atoms with Gasteiger partial charge in [-0.1, -0.05) is 39.8 Å². The number of anilines is 1. The van der Waals surface area contributed by atoms with Gasteiger partial charge in [-0.05, 0) is 29.6 Å². The lowest BCUT2D eigenvalue weighted by Gasteiger charge is -2.03. The van der Waals surface area contributed by atoms with Crippen LogP contribution in [0.4, 0.5) is 5.69 Å². The highest BCUT2D eigenvalue weighted by molar-refractivity contribution is 9.10. The van der Waals surface area contributed by atoms with Crippen LogP contribution in [0, 0.1) is 0 Å². The van der Waals surface area contributed by atoms with Crippen molar-refractivity contribution in [1.82, 2.24) is 10.2 Å². The average molecular weight is 396 g/mol. The minimum atomic E-state index is -0.126. The van der Waals surface area contributed by atoms with Gasteiger partial charge < -0.3 is 9.73 Å². The molecule has 22 heavy (non-hydrogen) atoms. The smallest absolute Gasteiger partial charge is 0.277 e. The summed E-state index contributed by atoms with van der Waals surface area (Å²) in [6, 6.07) is 11.3. The van der Waals surface area contributed by atoms with Crippen molar-refractivity contribution in [3.05, 3.63) is 46.3 Å². The summed E-state index contributed by atoms with van der Waals surface area (Å²) in [5.41, 5.74) is 0.741. The second-order valence-corrected chi connectivity index (χ2v) is 6.99. The number of aromatic nitrogens is 2. The molecule has 0 saturated carbocycles. The van der Waals surface area contributed by atoms with Crippen molar-refractivity contribution in [3.8, 4) is 10.8 Å². The minimum Gasteiger partial charge on any atom is -0.410 e. The number of hydrogen-bond acceptors (Lipinski definition) is 6. The normalized spacial score (nSPS) is 10.6. The molecule has 0 aliphatic carbocycles. The highest BCUT2D eigenvalue weighted by Crippen LogP contribution is 2.26. The Bertz CT molecular complexity index is 774. The molecule has 0 aliphatic heterocycles. The maximum Gasteiger partial charge on any atom is 0.277 e. The van der Waals surface area contributed by atoms with Gasteiger partial charge in [0.05, 0.1) is 10.6 Å². The number of carbonyl (C=O) groups excluding carboxylic acids is 1. The van der Waals surface area contributed by atoms with Gasteiger partial charge in [0.25, 0.3) is 11.1 Å². The van der Waals surface area contributed by atoms with Crippen molar-refractivity contribution in [3.63, 3.8) is 0 Å². The zero-order valence-corrected chi connectivity index (χ0v) is 14.4. The van der Waals surface area contributed by atoms with Crippen LogP contribution in [-0.2, 0) is 4.79 Å². The predicted molar refractivity (Wildman–Crippen MR) is 91.1 cm³/mol. The van der Waals surface area contributed by atoms with E-state index in [4.69, 9.17) is 4.42 Å². The van der Waals surface area contributed by atoms with E-state index in [1.54, 1.807) is 0 Å². The number of halogens is 1. The number of nitrogens with one attached hydrogen (secondary N) is 1. The zero-order valence-electron chi connectivity index (χ0n) is 11.2. The summed E-state index contributed by atoms with van der Waals surface area (Å²) in [5.74, 6) is 0.558. The Kier molecular flexibility index (Phi) is 4.91. The molecule has 1 amide bonds. The molecule has 0 bridgehead atoms. The second-order valence-electron chi connectivity index (χ2n) is 4.20. The molecule has 0 aliphatic rings. The molecule has 5 nitrogen and oxygen atoms in total. The monoisotopic (exact) mass is 395 g/mol. The standard InChI is InChI=1S/C14H10BrN3O2S2/c15-9-3-1-4-10(7-9)16-12(19)8-22-14-18-17-13(20-14)11-5-2-6-21-11/h1-7H,8H2,(H,16,19). The van der Waals surface area contributed by atoms with E-state index in [2.05, 4.69) is 31.4 Å². The van der Waals surface area contributed by atoms with Gasteiger partial charge >= 0.3 is 0 Å². The lowest BCUT2D eigenvalue weighted by molar-refractivity contribution is -0.113. The summed E-state index contributed by atoms with van der Waals surface area (Å²) >= 11 is 6.10. The van der Waals surface area contributed by atoms with Gasteiger partial charge in [0, 0.05) is 10.2 Å². The lowest BCUT2D eigenvalue weighted by Crippen LogP contribution is -2.13. The first-order valence-electron chi connectivity index (χ1n) is 6.26. The minimum absolute atomic E-state index is 0.126. The number of rotatable bonds is 5. The molecule has 2 heterocycles. The fraction of sp³-hybridized carbons (Fsp3) is 0.0714. The first-order chi connectivity index (χ1) is 10.7. The molecule has 0 unspecified atom stereocenters. The SMILES string of the molecule is O=C(CSc1nnc(-c2cccs2)o1)Nc1cccc(Br)c1. The van der Waals surface area contributed by atoms with Crippen LogP contribution in [0.25, 0.3) is 10.8 Å². The fourth-order valence-electron chi connectivity index (χ4n) is 1.66. The number of nitrogens with zero attached hydrogens (tertiary/aromatic N) is 2. The fourth-order valence-corrected chi connectivity index (χ4v) is 3.27. The summed E-state index contributed by atoms with van der Waals surface area (Å²) in [6.45, 7) is 0. The maximum atomic E-state index is 11.9. The van der Waals surface area contributed by atoms with E-state index in [0.29, 0.717) is 11.1 Å². The van der Waals surface area contributed by atoms with Crippen LogP contribution in [0.15, 0.2) is 55.9 Å². The molecule has 0 atom stereocenters. The highest BCUT2D eigenvalue weighted by Gasteiger charge is 2.11. The van der Waals surface area contributed by atoms with E-state index in [-0.39, 0.29) is 11.7 Å². The number of carbonyl (C=O) groups is 1. The van der Waals surface area contributed by atoms with E-state index < -0.39 is 0 Å². The summed E-state index contributed by atoms with van der Waals surface area (Å²) < 4.78 is 6.42. The molecule has 3 rings (SSSR count). The molecular formula is C14H10BrN3O2S2. The van der Waals surface area contributed by atoms with Crippen LogP contribution in [-0.4, -0.2) is 21.9 Å². The number of thiophene rings is 1. The van der Waals surface area contributed by atoms with Gasteiger partial charge in [-0.25, -0.2) is 0 Å². The molecule has 8 heteroatoms. The number of benzene rings is 1. The van der Waals surface area contributed by atoms with Crippen LogP contribution < -0.4 is 5.32 Å². The Balaban J connectivity index is 1.55. The van der Waals surface area contributed by atoms with Crippen LogP contribution in [0.5, 0.6) is 0 Å². The van der Waals surface area contributed by atoms with Crippen LogP contribution in [0.3, 0.4) is 0 Å². The van der Waals surface area contributed by atoms with Gasteiger partial charge in [0.1, 0.15) is 0 Å². The Labute approximate surface area is 143 Å². The van der Waals surface area contributed by atoms with E-state index in [0.717, 1.165) is 15.0 Å². The average Bonchev–Trinajstić information content (AvgIpc) is 3.16. The summed E-state index contributed by atoms with van der Waals surface area (Å²) in [4.78, 5) is 12.8. The molecule has 0 radical (unpaired) electrons. The van der Waals surface area contributed by atoms with Crippen molar-refractivity contribution >= 4 is 50.6 Å². The third-order valence-electron chi connectivity index (χ3n) is 2.57. The van der Waals surface area contributed by atoms with Gasteiger partial charge in [-0.2, -0.15) is 0 Å². The Hall–Kier alpha value is -1.64. The third-order valence-corrected chi connectivity index (χ3v) is 4.74. The summed E-state index contributed by atoms with van der Waals surface area (Å²) in [7, 11) is 0. The topological polar surface area (TPSA) is 68.0 Å². The van der Waals surface area contributed by atoms with E-state index in [1.165, 1.54) is 23.1 Å². The first-order valence-corrected chi connectivity index (χ1v) is 8.92. The first kappa shape index (κ1) is 15.3. The highest BCUT2D eigenvalue weighted by atomic mass is 79.9. The van der Waals surface area contributed by atoms with Gasteiger partial charge in [-0.3, -0.25) is 4.79 Å². The maximum absolute atomic E-state index is 11.9. The van der Waals surface area contributed by atoms with Gasteiger partial charge in [-0.15, -0.1) is 21.5 Å². The molecule has 1 aromatic carbocycles. The van der Waals surface area contributed by atoms with E-state index >= 15 is 0 Å². The molecule has 1 N–H and O–H groups in total. The van der Waals surface area contributed by atoms with Crippen LogP contribution >= 0.6 is 39.0 Å². The Morgan fingerprint density at radius 2 is 2.23 bits per heavy atom. The van der Waals surface area contributed by atoms with E-state index in [1.807, 2.05) is 41.8 Å². The van der Waals surface area contributed by atoms with Crippen molar-refractivity contribution in [2.75, 3.05) is 11.1 Å². The lowest BCUT2D eigenvalue weighted by atomic mass is 10.3. The van der Waals surface area contributed by atoms with Crippen molar-refractivity contribution in [2.45, 2.75) is 5.22 Å². The number of amides is 1. The molecule has 0 fully saturated rings. The second kappa shape index (κ2) is 7.08. The molecule has 3 aromatic rings. The summed E-state index contributed by atoms with van der Waals surface area (Å²) in [5, 5.41) is 13.0. The van der Waals surface area contributed by atoms with Gasteiger partial charge in [0.2, 0.25) is 5.91 Å². The largest absolute Gasteiger partial charge is 0.410 e. The van der Waals surface area contributed by atoms with Crippen LogP contribution in [0.2, 0.25) is 0 Å². The quantitative estimate of drug-likeness (QED) is 0.652.